The van der Waals surface area contributed by atoms with E-state index in [9.17, 15) is 9.59 Å². The van der Waals surface area contributed by atoms with Crippen molar-refractivity contribution in [3.63, 3.8) is 0 Å². The van der Waals surface area contributed by atoms with Crippen molar-refractivity contribution in [3.8, 4) is 10.7 Å². The zero-order valence-corrected chi connectivity index (χ0v) is 14.6. The Morgan fingerprint density at radius 1 is 1.24 bits per heavy atom. The van der Waals surface area contributed by atoms with Crippen LogP contribution in [-0.4, -0.2) is 29.0 Å². The van der Waals surface area contributed by atoms with Crippen LogP contribution in [0, 0.1) is 0 Å². The lowest BCUT2D eigenvalue weighted by atomic mass is 10.2. The van der Waals surface area contributed by atoms with Crippen LogP contribution in [0.4, 0.5) is 5.69 Å². The number of esters is 1. The van der Waals surface area contributed by atoms with Crippen LogP contribution in [0.1, 0.15) is 20.8 Å². The molecule has 0 aliphatic carbocycles. The van der Waals surface area contributed by atoms with Crippen LogP contribution in [-0.2, 0) is 4.74 Å². The van der Waals surface area contributed by atoms with Gasteiger partial charge in [-0.2, -0.15) is 0 Å². The largest absolute Gasteiger partial charge is 0.465 e. The highest BCUT2D eigenvalue weighted by atomic mass is 35.5. The highest BCUT2D eigenvalue weighted by Crippen LogP contribution is 2.25. The first-order valence-corrected chi connectivity index (χ1v) is 8.40. The molecule has 0 spiro atoms. The van der Waals surface area contributed by atoms with Gasteiger partial charge >= 0.3 is 5.97 Å². The Kier molecular flexibility index (Phi) is 5.06. The van der Waals surface area contributed by atoms with Gasteiger partial charge in [-0.3, -0.25) is 9.78 Å². The molecular weight excluding hydrogens is 362 g/mol. The molecule has 8 heteroatoms. The monoisotopic (exact) mass is 373 g/mol. The predicted molar refractivity (Wildman–Crippen MR) is 96.1 cm³/mol. The molecule has 2 aromatic heterocycles. The molecule has 0 saturated heterocycles. The maximum Gasteiger partial charge on any atom is 0.337 e. The summed E-state index contributed by atoms with van der Waals surface area (Å²) in [6, 6.07) is 9.97. The van der Waals surface area contributed by atoms with Crippen LogP contribution in [0.5, 0.6) is 0 Å². The number of benzene rings is 1. The number of amides is 1. The van der Waals surface area contributed by atoms with Gasteiger partial charge in [0.2, 0.25) is 0 Å². The fourth-order valence-corrected chi connectivity index (χ4v) is 2.98. The Balaban J connectivity index is 1.81. The van der Waals surface area contributed by atoms with E-state index >= 15 is 0 Å². The summed E-state index contributed by atoms with van der Waals surface area (Å²) in [6.07, 6.45) is 1.66. The third kappa shape index (κ3) is 3.84. The molecule has 126 valence electrons. The topological polar surface area (TPSA) is 81.2 Å². The van der Waals surface area contributed by atoms with Gasteiger partial charge in [-0.15, -0.1) is 11.3 Å². The summed E-state index contributed by atoms with van der Waals surface area (Å²) in [5, 5.41) is 5.24. The van der Waals surface area contributed by atoms with E-state index in [1.54, 1.807) is 17.6 Å². The van der Waals surface area contributed by atoms with E-state index in [1.165, 1.54) is 36.6 Å². The third-order valence-corrected chi connectivity index (χ3v) is 4.45. The molecular formula is C17H12ClN3O3S. The molecule has 0 aliphatic rings. The minimum absolute atomic E-state index is 0.241. The van der Waals surface area contributed by atoms with Gasteiger partial charge in [0.15, 0.2) is 0 Å². The van der Waals surface area contributed by atoms with Crippen LogP contribution < -0.4 is 5.32 Å². The molecule has 0 saturated carbocycles. The molecule has 2 heterocycles. The third-order valence-electron chi connectivity index (χ3n) is 3.26. The maximum atomic E-state index is 12.4. The van der Waals surface area contributed by atoms with Gasteiger partial charge in [0.05, 0.1) is 29.1 Å². The summed E-state index contributed by atoms with van der Waals surface area (Å²) in [5.74, 6) is -0.944. The van der Waals surface area contributed by atoms with Crippen molar-refractivity contribution in [1.82, 2.24) is 9.97 Å². The number of carbonyl (C=O) groups is 2. The van der Waals surface area contributed by atoms with Crippen molar-refractivity contribution in [2.45, 2.75) is 0 Å². The summed E-state index contributed by atoms with van der Waals surface area (Å²) < 4.78 is 4.66. The number of nitrogens with one attached hydrogen (secondary N) is 1. The molecule has 0 atom stereocenters. The Hall–Kier alpha value is -2.77. The molecule has 25 heavy (non-hydrogen) atoms. The summed E-state index contributed by atoms with van der Waals surface area (Å²) >= 11 is 7.40. The number of pyridine rings is 1. The number of nitrogens with zero attached hydrogens (tertiary/aromatic N) is 2. The highest BCUT2D eigenvalue weighted by Gasteiger charge is 2.15. The molecule has 0 unspecified atom stereocenters. The second-order valence-electron chi connectivity index (χ2n) is 4.89. The molecule has 6 nitrogen and oxygen atoms in total. The fourth-order valence-electron chi connectivity index (χ4n) is 2.04. The van der Waals surface area contributed by atoms with Crippen molar-refractivity contribution in [2.75, 3.05) is 12.4 Å². The van der Waals surface area contributed by atoms with E-state index in [-0.39, 0.29) is 11.3 Å². The molecule has 1 N–H and O–H groups in total. The Morgan fingerprint density at radius 3 is 2.80 bits per heavy atom. The van der Waals surface area contributed by atoms with Crippen LogP contribution in [0.15, 0.2) is 48.0 Å². The quantitative estimate of drug-likeness (QED) is 0.701. The first-order chi connectivity index (χ1) is 12.1. The van der Waals surface area contributed by atoms with E-state index < -0.39 is 11.9 Å². The van der Waals surface area contributed by atoms with E-state index in [2.05, 4.69) is 20.0 Å². The number of hydrogen-bond acceptors (Lipinski definition) is 6. The number of ether oxygens (including phenoxy) is 1. The molecule has 1 aromatic carbocycles. The van der Waals surface area contributed by atoms with Crippen molar-refractivity contribution in [1.29, 1.82) is 0 Å². The Morgan fingerprint density at radius 2 is 2.08 bits per heavy atom. The number of rotatable bonds is 4. The van der Waals surface area contributed by atoms with Crippen LogP contribution >= 0.6 is 22.9 Å². The molecule has 3 rings (SSSR count). The second kappa shape index (κ2) is 7.42. The van der Waals surface area contributed by atoms with Gasteiger partial charge in [-0.25, -0.2) is 9.78 Å². The summed E-state index contributed by atoms with van der Waals surface area (Å²) in [5.41, 5.74) is 1.53. The second-order valence-corrected chi connectivity index (χ2v) is 6.16. The van der Waals surface area contributed by atoms with E-state index in [0.717, 1.165) is 0 Å². The molecule has 3 aromatic rings. The Labute approximate surface area is 152 Å². The molecule has 0 bridgehead atoms. The summed E-state index contributed by atoms with van der Waals surface area (Å²) in [7, 11) is 1.28. The lowest BCUT2D eigenvalue weighted by molar-refractivity contribution is 0.0600. The number of halogens is 1. The zero-order valence-electron chi connectivity index (χ0n) is 13.0. The zero-order chi connectivity index (χ0) is 17.8. The van der Waals surface area contributed by atoms with Gasteiger partial charge in [-0.05, 0) is 30.3 Å². The van der Waals surface area contributed by atoms with Gasteiger partial charge in [0, 0.05) is 11.6 Å². The first kappa shape index (κ1) is 17.1. The fraction of sp³-hybridized carbons (Fsp3) is 0.0588. The molecule has 0 radical (unpaired) electrons. The normalized spacial score (nSPS) is 10.3. The number of hydrogen-bond donors (Lipinski definition) is 1. The highest BCUT2D eigenvalue weighted by molar-refractivity contribution is 7.13. The maximum absolute atomic E-state index is 12.4. The predicted octanol–water partition coefficient (Wildman–Crippen LogP) is 3.90. The van der Waals surface area contributed by atoms with E-state index in [4.69, 9.17) is 11.6 Å². The minimum Gasteiger partial charge on any atom is -0.465 e. The Bertz CT molecular complexity index is 928. The molecule has 0 aliphatic heterocycles. The molecule has 0 fully saturated rings. The van der Waals surface area contributed by atoms with Gasteiger partial charge in [0.1, 0.15) is 10.7 Å². The summed E-state index contributed by atoms with van der Waals surface area (Å²) in [6.45, 7) is 0. The minimum atomic E-state index is -0.515. The average molecular weight is 374 g/mol. The standard InChI is InChI=1S/C17H12ClN3O3S/c1-24-17(23)10-5-6-11(18)13(8-10)20-15(22)14-9-25-16(21-14)12-4-2-3-7-19-12/h2-9H,1H3,(H,20,22). The van der Waals surface area contributed by atoms with Crippen molar-refractivity contribution in [2.24, 2.45) is 0 Å². The van der Waals surface area contributed by atoms with Gasteiger partial charge < -0.3 is 10.1 Å². The van der Waals surface area contributed by atoms with Crippen molar-refractivity contribution >= 4 is 40.5 Å². The van der Waals surface area contributed by atoms with Crippen LogP contribution in [0.3, 0.4) is 0 Å². The smallest absolute Gasteiger partial charge is 0.337 e. The van der Waals surface area contributed by atoms with Crippen LogP contribution in [0.25, 0.3) is 10.7 Å². The van der Waals surface area contributed by atoms with Crippen LogP contribution in [0.2, 0.25) is 5.02 Å². The van der Waals surface area contributed by atoms with Gasteiger partial charge in [-0.1, -0.05) is 17.7 Å². The van der Waals surface area contributed by atoms with E-state index in [0.29, 0.717) is 21.4 Å². The van der Waals surface area contributed by atoms with E-state index in [1.807, 2.05) is 12.1 Å². The number of carbonyl (C=O) groups excluding carboxylic acids is 2. The number of aromatic nitrogens is 2. The lowest BCUT2D eigenvalue weighted by Crippen LogP contribution is -2.13. The number of thiazole rings is 1. The SMILES string of the molecule is COC(=O)c1ccc(Cl)c(NC(=O)c2csc(-c3ccccn3)n2)c1. The summed E-state index contributed by atoms with van der Waals surface area (Å²) in [4.78, 5) is 32.5. The van der Waals surface area contributed by atoms with Crippen molar-refractivity contribution < 1.29 is 14.3 Å². The van der Waals surface area contributed by atoms with Gasteiger partial charge in [0.25, 0.3) is 5.91 Å². The first-order valence-electron chi connectivity index (χ1n) is 7.14. The number of anilines is 1. The number of methoxy groups -OCH3 is 1. The lowest BCUT2D eigenvalue weighted by Gasteiger charge is -2.07. The molecule has 1 amide bonds. The average Bonchev–Trinajstić information content (AvgIpc) is 3.14. The van der Waals surface area contributed by atoms with Crippen molar-refractivity contribution in [3.05, 3.63) is 64.3 Å².